The van der Waals surface area contributed by atoms with E-state index in [2.05, 4.69) is 5.32 Å². The summed E-state index contributed by atoms with van der Waals surface area (Å²) >= 11 is 0. The Morgan fingerprint density at radius 1 is 0.783 bits per heavy atom. The number of sulfonamides is 2. The lowest BCUT2D eigenvalue weighted by atomic mass is 10.4. The summed E-state index contributed by atoms with van der Waals surface area (Å²) in [6.45, 7) is 2.99. The van der Waals surface area contributed by atoms with Gasteiger partial charge in [-0.05, 0) is 31.0 Å². The summed E-state index contributed by atoms with van der Waals surface area (Å²) in [5.74, 6) is 0. The van der Waals surface area contributed by atoms with Gasteiger partial charge in [-0.15, -0.1) is 0 Å². The average molecular weight is 359 g/mol. The second kappa shape index (κ2) is 6.48. The van der Waals surface area contributed by atoms with Gasteiger partial charge in [0.05, 0.1) is 9.79 Å². The van der Waals surface area contributed by atoms with Crippen LogP contribution in [0.5, 0.6) is 0 Å². The van der Waals surface area contributed by atoms with Crippen molar-refractivity contribution in [3.8, 4) is 0 Å². The molecule has 3 rings (SSSR count). The normalized spacial score (nSPS) is 21.6. The minimum absolute atomic E-state index is 0.0414. The molecule has 7 nitrogen and oxygen atoms in total. The number of rotatable bonds is 4. The molecule has 0 aromatic heterocycles. The third kappa shape index (κ3) is 3.29. The van der Waals surface area contributed by atoms with Crippen molar-refractivity contribution >= 4 is 20.0 Å². The summed E-state index contributed by atoms with van der Waals surface area (Å²) in [7, 11) is -7.27. The maximum Gasteiger partial charge on any atom is 0.243 e. The van der Waals surface area contributed by atoms with Crippen LogP contribution in [-0.4, -0.2) is 64.7 Å². The van der Waals surface area contributed by atoms with Crippen LogP contribution in [0.1, 0.15) is 12.8 Å². The number of hydrogen-bond acceptors (Lipinski definition) is 5. The highest BCUT2D eigenvalue weighted by molar-refractivity contribution is 7.90. The van der Waals surface area contributed by atoms with Crippen molar-refractivity contribution in [3.63, 3.8) is 0 Å². The zero-order valence-electron chi connectivity index (χ0n) is 12.8. The van der Waals surface area contributed by atoms with E-state index in [1.54, 1.807) is 0 Å². The van der Waals surface area contributed by atoms with Gasteiger partial charge in [0.25, 0.3) is 0 Å². The summed E-state index contributed by atoms with van der Waals surface area (Å²) in [5, 5.41) is 3.10. The van der Waals surface area contributed by atoms with Crippen molar-refractivity contribution in [2.45, 2.75) is 22.6 Å². The first-order chi connectivity index (χ1) is 10.9. The smallest absolute Gasteiger partial charge is 0.243 e. The van der Waals surface area contributed by atoms with E-state index in [4.69, 9.17) is 0 Å². The van der Waals surface area contributed by atoms with E-state index in [0.29, 0.717) is 39.3 Å². The van der Waals surface area contributed by atoms with Crippen LogP contribution in [0.15, 0.2) is 34.1 Å². The second-order valence-electron chi connectivity index (χ2n) is 5.74. The first-order valence-corrected chi connectivity index (χ1v) is 10.6. The molecule has 2 fully saturated rings. The lowest BCUT2D eigenvalue weighted by Crippen LogP contribution is -2.46. The fraction of sp³-hybridized carbons (Fsp3) is 0.571. The van der Waals surface area contributed by atoms with Crippen molar-refractivity contribution in [1.82, 2.24) is 13.9 Å². The summed E-state index contributed by atoms with van der Waals surface area (Å²) in [6, 6.07) is 5.70. The van der Waals surface area contributed by atoms with E-state index in [1.165, 1.54) is 32.9 Å². The molecule has 0 aliphatic carbocycles. The Bertz CT molecular complexity index is 765. The fourth-order valence-electron chi connectivity index (χ4n) is 2.91. The van der Waals surface area contributed by atoms with E-state index in [1.807, 2.05) is 0 Å². The van der Waals surface area contributed by atoms with Crippen LogP contribution in [0.25, 0.3) is 0 Å². The molecule has 2 aliphatic rings. The maximum atomic E-state index is 12.7. The first-order valence-electron chi connectivity index (χ1n) is 7.73. The Balaban J connectivity index is 1.93. The monoisotopic (exact) mass is 359 g/mol. The minimum Gasteiger partial charge on any atom is -0.314 e. The van der Waals surface area contributed by atoms with Crippen LogP contribution in [0, 0.1) is 0 Å². The van der Waals surface area contributed by atoms with Crippen LogP contribution >= 0.6 is 0 Å². The van der Waals surface area contributed by atoms with Crippen molar-refractivity contribution in [2.24, 2.45) is 0 Å². The highest BCUT2D eigenvalue weighted by Gasteiger charge is 2.30. The molecule has 2 saturated heterocycles. The molecule has 9 heteroatoms. The molecule has 1 aromatic carbocycles. The van der Waals surface area contributed by atoms with E-state index >= 15 is 0 Å². The van der Waals surface area contributed by atoms with Gasteiger partial charge in [0.15, 0.2) is 0 Å². The molecule has 128 valence electrons. The summed E-state index contributed by atoms with van der Waals surface area (Å²) < 4.78 is 53.4. The third-order valence-electron chi connectivity index (χ3n) is 4.22. The zero-order valence-corrected chi connectivity index (χ0v) is 14.4. The van der Waals surface area contributed by atoms with Gasteiger partial charge in [0.2, 0.25) is 20.0 Å². The Morgan fingerprint density at radius 3 is 1.78 bits per heavy atom. The van der Waals surface area contributed by atoms with Gasteiger partial charge >= 0.3 is 0 Å². The standard InChI is InChI=1S/C14H21N3O4S2/c18-22(19,16-8-1-2-9-16)13-4-3-5-14(12-13)23(20,21)17-10-6-15-7-11-17/h3-5,12,15H,1-2,6-11H2. The highest BCUT2D eigenvalue weighted by Crippen LogP contribution is 2.24. The molecular weight excluding hydrogens is 338 g/mol. The van der Waals surface area contributed by atoms with E-state index < -0.39 is 20.0 Å². The lowest BCUT2D eigenvalue weighted by molar-refractivity contribution is 0.360. The largest absolute Gasteiger partial charge is 0.314 e. The molecule has 2 aliphatic heterocycles. The first kappa shape index (κ1) is 16.8. The van der Waals surface area contributed by atoms with Crippen molar-refractivity contribution in [1.29, 1.82) is 0 Å². The number of nitrogens with one attached hydrogen (secondary N) is 1. The lowest BCUT2D eigenvalue weighted by Gasteiger charge is -2.26. The number of piperazine rings is 1. The second-order valence-corrected chi connectivity index (χ2v) is 9.62. The quantitative estimate of drug-likeness (QED) is 0.822. The molecule has 0 bridgehead atoms. The molecule has 0 amide bonds. The predicted molar refractivity (Wildman–Crippen MR) is 86.1 cm³/mol. The molecule has 1 N–H and O–H groups in total. The Hall–Kier alpha value is -1.00. The van der Waals surface area contributed by atoms with Crippen LogP contribution in [0.3, 0.4) is 0 Å². The molecule has 0 atom stereocenters. The minimum atomic E-state index is -3.66. The molecule has 0 unspecified atom stereocenters. The van der Waals surface area contributed by atoms with Crippen LogP contribution in [-0.2, 0) is 20.0 Å². The van der Waals surface area contributed by atoms with Crippen LogP contribution in [0.4, 0.5) is 0 Å². The molecule has 1 aromatic rings. The Labute approximate surface area is 137 Å². The molecule has 0 radical (unpaired) electrons. The van der Waals surface area contributed by atoms with Crippen molar-refractivity contribution in [3.05, 3.63) is 24.3 Å². The van der Waals surface area contributed by atoms with Crippen molar-refractivity contribution in [2.75, 3.05) is 39.3 Å². The summed E-state index contributed by atoms with van der Waals surface area (Å²) in [4.78, 5) is 0.0929. The zero-order chi connectivity index (χ0) is 16.5. The number of benzene rings is 1. The van der Waals surface area contributed by atoms with E-state index in [9.17, 15) is 16.8 Å². The van der Waals surface area contributed by atoms with Gasteiger partial charge in [-0.25, -0.2) is 16.8 Å². The van der Waals surface area contributed by atoms with Gasteiger partial charge in [-0.3, -0.25) is 0 Å². The number of hydrogen-bond donors (Lipinski definition) is 1. The van der Waals surface area contributed by atoms with E-state index in [0.717, 1.165) is 12.8 Å². The maximum absolute atomic E-state index is 12.7. The topological polar surface area (TPSA) is 86.8 Å². The van der Waals surface area contributed by atoms with Crippen LogP contribution in [0.2, 0.25) is 0 Å². The van der Waals surface area contributed by atoms with Gasteiger partial charge < -0.3 is 5.32 Å². The molecule has 0 saturated carbocycles. The van der Waals surface area contributed by atoms with Crippen molar-refractivity contribution < 1.29 is 16.8 Å². The number of nitrogens with zero attached hydrogens (tertiary/aromatic N) is 2. The highest BCUT2D eigenvalue weighted by atomic mass is 32.2. The predicted octanol–water partition coefficient (Wildman–Crippen LogP) is 0.0650. The molecule has 2 heterocycles. The third-order valence-corrected chi connectivity index (χ3v) is 8.01. The fourth-order valence-corrected chi connectivity index (χ4v) is 6.03. The van der Waals surface area contributed by atoms with E-state index in [-0.39, 0.29) is 9.79 Å². The van der Waals surface area contributed by atoms with Gasteiger partial charge in [0, 0.05) is 39.3 Å². The SMILES string of the molecule is O=S(=O)(c1cccc(S(=O)(=O)N2CCNCC2)c1)N1CCCC1. The summed E-state index contributed by atoms with van der Waals surface area (Å²) in [6.07, 6.45) is 1.69. The Morgan fingerprint density at radius 2 is 1.26 bits per heavy atom. The average Bonchev–Trinajstić information content (AvgIpc) is 3.11. The summed E-state index contributed by atoms with van der Waals surface area (Å²) in [5.41, 5.74) is 0. The van der Waals surface area contributed by atoms with Gasteiger partial charge in [0.1, 0.15) is 0 Å². The molecular formula is C14H21N3O4S2. The Kier molecular flexibility index (Phi) is 4.75. The molecule has 0 spiro atoms. The van der Waals surface area contributed by atoms with Gasteiger partial charge in [-0.1, -0.05) is 6.07 Å². The molecule has 23 heavy (non-hydrogen) atoms. The van der Waals surface area contributed by atoms with Gasteiger partial charge in [-0.2, -0.15) is 8.61 Å². The van der Waals surface area contributed by atoms with Crippen LogP contribution < -0.4 is 5.32 Å².